The molecule has 3 rings (SSSR count). The highest BCUT2D eigenvalue weighted by atomic mass is 16.5. The zero-order valence-electron chi connectivity index (χ0n) is 20.7. The van der Waals surface area contributed by atoms with Crippen LogP contribution in [0.4, 0.5) is 0 Å². The fourth-order valence-electron chi connectivity index (χ4n) is 4.59. The lowest BCUT2D eigenvalue weighted by molar-refractivity contribution is 0.0505. The normalized spacial score (nSPS) is 15.3. The largest absolute Gasteiger partial charge is 0.497 e. The molecule has 2 aromatic rings. The third kappa shape index (κ3) is 5.33. The Hall–Kier alpha value is -3.13. The molecule has 1 aromatic carbocycles. The maximum atomic E-state index is 13.5. The molecule has 2 heterocycles. The van der Waals surface area contributed by atoms with Gasteiger partial charge in [0.2, 0.25) is 0 Å². The van der Waals surface area contributed by atoms with E-state index in [0.717, 1.165) is 12.8 Å². The first kappa shape index (κ1) is 25.5. The Morgan fingerprint density at radius 3 is 2.41 bits per heavy atom. The summed E-state index contributed by atoms with van der Waals surface area (Å²) >= 11 is 0. The number of benzene rings is 1. The Kier molecular flexibility index (Phi) is 8.50. The smallest absolute Gasteiger partial charge is 0.355 e. The molecular weight excluding hydrogens is 436 g/mol. The minimum absolute atomic E-state index is 0.104. The molecule has 1 amide bonds. The predicted molar refractivity (Wildman–Crippen MR) is 128 cm³/mol. The quantitative estimate of drug-likeness (QED) is 0.388. The summed E-state index contributed by atoms with van der Waals surface area (Å²) in [5.74, 6) is -0.263. The van der Waals surface area contributed by atoms with Crippen molar-refractivity contribution < 1.29 is 28.6 Å². The van der Waals surface area contributed by atoms with E-state index in [1.54, 1.807) is 54.7 Å². The van der Waals surface area contributed by atoms with E-state index in [-0.39, 0.29) is 30.9 Å². The molecule has 0 saturated carbocycles. The number of ether oxygens (including phenoxy) is 3. The first-order valence-corrected chi connectivity index (χ1v) is 11.8. The summed E-state index contributed by atoms with van der Waals surface area (Å²) in [6, 6.07) is 6.83. The Morgan fingerprint density at radius 2 is 1.85 bits per heavy atom. The average molecular weight is 471 g/mol. The summed E-state index contributed by atoms with van der Waals surface area (Å²) in [5.41, 5.74) is 2.60. The highest BCUT2D eigenvalue weighted by Crippen LogP contribution is 2.25. The predicted octanol–water partition coefficient (Wildman–Crippen LogP) is 3.81. The van der Waals surface area contributed by atoms with Crippen molar-refractivity contribution in [3.8, 4) is 5.75 Å². The van der Waals surface area contributed by atoms with E-state index in [1.165, 1.54) is 0 Å². The molecule has 34 heavy (non-hydrogen) atoms. The highest BCUT2D eigenvalue weighted by molar-refractivity contribution is 6.06. The van der Waals surface area contributed by atoms with Gasteiger partial charge in [0.15, 0.2) is 5.78 Å². The number of esters is 1. The van der Waals surface area contributed by atoms with Crippen LogP contribution in [0.5, 0.6) is 5.75 Å². The minimum Gasteiger partial charge on any atom is -0.497 e. The van der Waals surface area contributed by atoms with Crippen molar-refractivity contribution in [1.29, 1.82) is 0 Å². The van der Waals surface area contributed by atoms with Crippen molar-refractivity contribution in [3.63, 3.8) is 0 Å². The number of methoxy groups -OCH3 is 1. The van der Waals surface area contributed by atoms with Crippen LogP contribution in [0, 0.1) is 13.8 Å². The molecule has 0 radical (unpaired) electrons. The molecular formula is C26H34N2O6. The fraction of sp³-hybridized carbons (Fsp3) is 0.500. The molecule has 0 unspecified atom stereocenters. The molecule has 8 heteroatoms. The van der Waals surface area contributed by atoms with Gasteiger partial charge in [-0.05, 0) is 70.4 Å². The van der Waals surface area contributed by atoms with Crippen LogP contribution < -0.4 is 4.74 Å². The Balaban J connectivity index is 1.92. The lowest BCUT2D eigenvalue weighted by atomic mass is 10.0. The number of carbonyl (C=O) groups excluding carboxylic acids is 3. The SMILES string of the molecule is CCOC(=O)c1c(C)c(C(=O)CN(C[C@H]2CCCO2)C(=O)c2ccc(OC)cc2)c(C)n1CC. The van der Waals surface area contributed by atoms with Gasteiger partial charge in [-0.25, -0.2) is 4.79 Å². The molecule has 1 atom stereocenters. The molecule has 1 fully saturated rings. The summed E-state index contributed by atoms with van der Waals surface area (Å²) in [7, 11) is 1.57. The van der Waals surface area contributed by atoms with Gasteiger partial charge < -0.3 is 23.7 Å². The van der Waals surface area contributed by atoms with Crippen molar-refractivity contribution >= 4 is 17.7 Å². The summed E-state index contributed by atoms with van der Waals surface area (Å²) in [5, 5.41) is 0. The third-order valence-corrected chi connectivity index (χ3v) is 6.24. The molecule has 1 aliphatic heterocycles. The van der Waals surface area contributed by atoms with Crippen LogP contribution in [0.25, 0.3) is 0 Å². The number of hydrogen-bond acceptors (Lipinski definition) is 6. The van der Waals surface area contributed by atoms with E-state index in [9.17, 15) is 14.4 Å². The van der Waals surface area contributed by atoms with Gasteiger partial charge >= 0.3 is 5.97 Å². The first-order chi connectivity index (χ1) is 16.3. The van der Waals surface area contributed by atoms with Crippen molar-refractivity contribution in [2.24, 2.45) is 0 Å². The number of aromatic nitrogens is 1. The molecule has 0 spiro atoms. The summed E-state index contributed by atoms with van der Waals surface area (Å²) in [6.07, 6.45) is 1.68. The van der Waals surface area contributed by atoms with Crippen LogP contribution in [0.3, 0.4) is 0 Å². The Bertz CT molecular complexity index is 1030. The van der Waals surface area contributed by atoms with Gasteiger partial charge in [0.1, 0.15) is 11.4 Å². The van der Waals surface area contributed by atoms with Crippen molar-refractivity contribution in [2.45, 2.75) is 53.2 Å². The van der Waals surface area contributed by atoms with Gasteiger partial charge in [0.05, 0.1) is 26.4 Å². The number of hydrogen-bond donors (Lipinski definition) is 0. The van der Waals surface area contributed by atoms with Gasteiger partial charge in [0.25, 0.3) is 5.91 Å². The second kappa shape index (κ2) is 11.3. The lowest BCUT2D eigenvalue weighted by Crippen LogP contribution is -2.41. The summed E-state index contributed by atoms with van der Waals surface area (Å²) in [6.45, 7) is 8.90. The third-order valence-electron chi connectivity index (χ3n) is 6.24. The fourth-order valence-corrected chi connectivity index (χ4v) is 4.59. The monoisotopic (exact) mass is 470 g/mol. The number of ketones is 1. The first-order valence-electron chi connectivity index (χ1n) is 11.8. The second-order valence-electron chi connectivity index (χ2n) is 8.37. The van der Waals surface area contributed by atoms with Crippen LogP contribution in [-0.2, 0) is 16.0 Å². The highest BCUT2D eigenvalue weighted by Gasteiger charge is 2.30. The topological polar surface area (TPSA) is 87.1 Å². The number of nitrogens with zero attached hydrogens (tertiary/aromatic N) is 2. The van der Waals surface area contributed by atoms with E-state index in [1.807, 2.05) is 13.8 Å². The molecule has 0 bridgehead atoms. The van der Waals surface area contributed by atoms with Crippen LogP contribution >= 0.6 is 0 Å². The van der Waals surface area contributed by atoms with Crippen LogP contribution in [-0.4, -0.2) is 66.6 Å². The van der Waals surface area contributed by atoms with Gasteiger partial charge in [-0.15, -0.1) is 0 Å². The standard InChI is InChI=1S/C26H34N2O6/c1-6-28-18(4)23(17(3)24(28)26(31)33-7-2)22(29)16-27(15-21-9-8-14-34-21)25(30)19-10-12-20(32-5)13-11-19/h10-13,21H,6-9,14-16H2,1-5H3/t21-/m1/s1. The van der Waals surface area contributed by atoms with Crippen molar-refractivity contribution in [1.82, 2.24) is 9.47 Å². The van der Waals surface area contributed by atoms with Crippen LogP contribution in [0.2, 0.25) is 0 Å². The maximum absolute atomic E-state index is 13.5. The van der Waals surface area contributed by atoms with E-state index < -0.39 is 5.97 Å². The Labute approximate surface area is 200 Å². The number of carbonyl (C=O) groups is 3. The number of Topliss-reactive ketones (excluding diaryl/α,β-unsaturated/α-hetero) is 1. The van der Waals surface area contributed by atoms with Gasteiger partial charge in [-0.3, -0.25) is 9.59 Å². The van der Waals surface area contributed by atoms with Gasteiger partial charge in [0, 0.05) is 36.5 Å². The van der Waals surface area contributed by atoms with E-state index >= 15 is 0 Å². The molecule has 1 saturated heterocycles. The molecule has 0 aliphatic carbocycles. The van der Waals surface area contributed by atoms with Crippen LogP contribution in [0.1, 0.15) is 69.2 Å². The van der Waals surface area contributed by atoms with E-state index in [0.29, 0.717) is 53.5 Å². The van der Waals surface area contributed by atoms with E-state index in [4.69, 9.17) is 14.2 Å². The number of amides is 1. The van der Waals surface area contributed by atoms with Crippen molar-refractivity contribution in [3.05, 3.63) is 52.3 Å². The van der Waals surface area contributed by atoms with Gasteiger partial charge in [-0.2, -0.15) is 0 Å². The lowest BCUT2D eigenvalue weighted by Gasteiger charge is -2.25. The zero-order chi connectivity index (χ0) is 24.8. The molecule has 8 nitrogen and oxygen atoms in total. The number of rotatable bonds is 10. The van der Waals surface area contributed by atoms with E-state index in [2.05, 4.69) is 0 Å². The van der Waals surface area contributed by atoms with Gasteiger partial charge in [-0.1, -0.05) is 0 Å². The molecule has 1 aliphatic rings. The molecule has 0 N–H and O–H groups in total. The summed E-state index contributed by atoms with van der Waals surface area (Å²) < 4.78 is 18.0. The average Bonchev–Trinajstić information content (AvgIpc) is 3.43. The molecule has 1 aromatic heterocycles. The minimum atomic E-state index is -0.450. The summed E-state index contributed by atoms with van der Waals surface area (Å²) in [4.78, 5) is 41.1. The van der Waals surface area contributed by atoms with Crippen molar-refractivity contribution in [2.75, 3.05) is 33.4 Å². The second-order valence-corrected chi connectivity index (χ2v) is 8.37. The Morgan fingerprint density at radius 1 is 1.15 bits per heavy atom. The zero-order valence-corrected chi connectivity index (χ0v) is 20.7. The maximum Gasteiger partial charge on any atom is 0.355 e. The molecule has 184 valence electrons. The van der Waals surface area contributed by atoms with Crippen LogP contribution in [0.15, 0.2) is 24.3 Å².